The Labute approximate surface area is 144 Å². The lowest BCUT2D eigenvalue weighted by Gasteiger charge is -2.19. The Kier molecular flexibility index (Phi) is 5.53. The van der Waals surface area contributed by atoms with E-state index < -0.39 is 17.9 Å². The molecule has 2 aromatic rings. The molecule has 0 fully saturated rings. The van der Waals surface area contributed by atoms with Crippen LogP contribution >= 0.6 is 0 Å². The van der Waals surface area contributed by atoms with Crippen LogP contribution in [0.2, 0.25) is 0 Å². The predicted octanol–water partition coefficient (Wildman–Crippen LogP) is 0.941. The zero-order chi connectivity index (χ0) is 18.6. The number of nitrogens with one attached hydrogen (secondary N) is 2. The Morgan fingerprint density at radius 3 is 2.52 bits per heavy atom. The first-order valence-electron chi connectivity index (χ1n) is 7.72. The SMILES string of the molecule is CNC(=O)[C@@H](NC(=O)c1ccc(-c2cc(C(N)=O)ccn2)o1)C(C)C. The molecule has 0 unspecified atom stereocenters. The fourth-order valence-electron chi connectivity index (χ4n) is 2.22. The Morgan fingerprint density at radius 1 is 1.20 bits per heavy atom. The number of primary amides is 1. The minimum absolute atomic E-state index is 0.0378. The van der Waals surface area contributed by atoms with Crippen LogP contribution < -0.4 is 16.4 Å². The largest absolute Gasteiger partial charge is 0.449 e. The molecule has 0 aliphatic heterocycles. The summed E-state index contributed by atoms with van der Waals surface area (Å²) in [6.07, 6.45) is 1.43. The molecule has 2 aromatic heterocycles. The molecule has 0 aromatic carbocycles. The summed E-state index contributed by atoms with van der Waals surface area (Å²) in [5.41, 5.74) is 5.90. The van der Waals surface area contributed by atoms with Crippen molar-refractivity contribution in [3.63, 3.8) is 0 Å². The van der Waals surface area contributed by atoms with E-state index in [1.54, 1.807) is 6.07 Å². The van der Waals surface area contributed by atoms with Crippen molar-refractivity contribution in [1.29, 1.82) is 0 Å². The number of carbonyl (C=O) groups is 3. The van der Waals surface area contributed by atoms with Gasteiger partial charge in [-0.2, -0.15) is 0 Å². The van der Waals surface area contributed by atoms with Gasteiger partial charge < -0.3 is 20.8 Å². The molecule has 0 saturated carbocycles. The van der Waals surface area contributed by atoms with Crippen LogP contribution in [0.5, 0.6) is 0 Å². The van der Waals surface area contributed by atoms with E-state index in [4.69, 9.17) is 10.2 Å². The van der Waals surface area contributed by atoms with Crippen LogP contribution in [0.15, 0.2) is 34.9 Å². The molecular weight excluding hydrogens is 324 g/mol. The third-order valence-corrected chi connectivity index (χ3v) is 3.61. The Hall–Kier alpha value is -3.16. The van der Waals surface area contributed by atoms with Crippen molar-refractivity contribution in [3.8, 4) is 11.5 Å². The van der Waals surface area contributed by atoms with E-state index >= 15 is 0 Å². The van der Waals surface area contributed by atoms with Gasteiger partial charge in [-0.25, -0.2) is 0 Å². The molecule has 4 N–H and O–H groups in total. The van der Waals surface area contributed by atoms with Crippen molar-refractivity contribution in [3.05, 3.63) is 41.8 Å². The molecule has 0 spiro atoms. The van der Waals surface area contributed by atoms with Gasteiger partial charge in [-0.15, -0.1) is 0 Å². The average molecular weight is 344 g/mol. The van der Waals surface area contributed by atoms with Crippen LogP contribution in [-0.4, -0.2) is 35.8 Å². The van der Waals surface area contributed by atoms with Crippen LogP contribution in [0.1, 0.15) is 34.8 Å². The van der Waals surface area contributed by atoms with Crippen LogP contribution in [0.25, 0.3) is 11.5 Å². The van der Waals surface area contributed by atoms with Gasteiger partial charge in [-0.1, -0.05) is 13.8 Å². The summed E-state index contributed by atoms with van der Waals surface area (Å²) in [7, 11) is 1.51. The first kappa shape index (κ1) is 18.2. The summed E-state index contributed by atoms with van der Waals surface area (Å²) in [5, 5.41) is 5.15. The van der Waals surface area contributed by atoms with E-state index in [-0.39, 0.29) is 23.1 Å². The Bertz CT molecular complexity index is 797. The number of hydrogen-bond acceptors (Lipinski definition) is 5. The monoisotopic (exact) mass is 344 g/mol. The molecule has 0 bridgehead atoms. The highest BCUT2D eigenvalue weighted by Gasteiger charge is 2.25. The van der Waals surface area contributed by atoms with Gasteiger partial charge in [-0.3, -0.25) is 19.4 Å². The topological polar surface area (TPSA) is 127 Å². The Morgan fingerprint density at radius 2 is 1.92 bits per heavy atom. The van der Waals surface area contributed by atoms with Crippen molar-refractivity contribution in [2.45, 2.75) is 19.9 Å². The molecule has 1 atom stereocenters. The maximum atomic E-state index is 12.3. The number of nitrogens with zero attached hydrogens (tertiary/aromatic N) is 1. The summed E-state index contributed by atoms with van der Waals surface area (Å²) in [6.45, 7) is 3.65. The van der Waals surface area contributed by atoms with Gasteiger partial charge in [-0.05, 0) is 30.2 Å². The predicted molar refractivity (Wildman–Crippen MR) is 90.6 cm³/mol. The van der Waals surface area contributed by atoms with Gasteiger partial charge in [0.25, 0.3) is 5.91 Å². The molecular formula is C17H20N4O4. The second kappa shape index (κ2) is 7.61. The van der Waals surface area contributed by atoms with Gasteiger partial charge in [0.1, 0.15) is 11.7 Å². The number of aromatic nitrogens is 1. The van der Waals surface area contributed by atoms with E-state index in [2.05, 4.69) is 15.6 Å². The van der Waals surface area contributed by atoms with Crippen molar-refractivity contribution in [2.75, 3.05) is 7.05 Å². The number of hydrogen-bond donors (Lipinski definition) is 3. The number of likely N-dealkylation sites (N-methyl/N-ethyl adjacent to an activating group) is 1. The van der Waals surface area contributed by atoms with Gasteiger partial charge in [0.2, 0.25) is 11.8 Å². The molecule has 8 nitrogen and oxygen atoms in total. The second-order valence-electron chi connectivity index (χ2n) is 5.77. The smallest absolute Gasteiger partial charge is 0.287 e. The number of nitrogens with two attached hydrogens (primary N) is 1. The van der Waals surface area contributed by atoms with Crippen LogP contribution in [0, 0.1) is 5.92 Å². The first-order chi connectivity index (χ1) is 11.8. The quantitative estimate of drug-likeness (QED) is 0.718. The number of amides is 3. The van der Waals surface area contributed by atoms with E-state index in [9.17, 15) is 14.4 Å². The summed E-state index contributed by atoms with van der Waals surface area (Å²) >= 11 is 0. The fourth-order valence-corrected chi connectivity index (χ4v) is 2.22. The summed E-state index contributed by atoms with van der Waals surface area (Å²) < 4.78 is 5.50. The molecule has 0 radical (unpaired) electrons. The number of furan rings is 1. The lowest BCUT2D eigenvalue weighted by molar-refractivity contribution is -0.123. The summed E-state index contributed by atoms with van der Waals surface area (Å²) in [6, 6.07) is 5.32. The average Bonchev–Trinajstić information content (AvgIpc) is 3.08. The van der Waals surface area contributed by atoms with Crippen LogP contribution in [0.3, 0.4) is 0 Å². The maximum Gasteiger partial charge on any atom is 0.287 e. The number of pyridine rings is 1. The van der Waals surface area contributed by atoms with Crippen molar-refractivity contribution in [1.82, 2.24) is 15.6 Å². The maximum absolute atomic E-state index is 12.3. The van der Waals surface area contributed by atoms with Crippen molar-refractivity contribution < 1.29 is 18.8 Å². The third kappa shape index (κ3) is 4.23. The van der Waals surface area contributed by atoms with E-state index in [1.807, 2.05) is 13.8 Å². The highest BCUT2D eigenvalue weighted by atomic mass is 16.4. The molecule has 0 aliphatic rings. The Balaban J connectivity index is 2.20. The standard InChI is InChI=1S/C17H20N4O4/c1-9(2)14(17(24)19-3)21-16(23)13-5-4-12(25-13)11-8-10(15(18)22)6-7-20-11/h4-9,14H,1-3H3,(H2,18,22)(H,19,24)(H,21,23)/t14-/m0/s1. The van der Waals surface area contributed by atoms with Gasteiger partial charge in [0, 0.05) is 18.8 Å². The van der Waals surface area contributed by atoms with E-state index in [0.717, 1.165) is 0 Å². The normalized spacial score (nSPS) is 11.8. The number of carbonyl (C=O) groups excluding carboxylic acids is 3. The molecule has 132 valence electrons. The molecule has 0 saturated heterocycles. The number of rotatable bonds is 6. The van der Waals surface area contributed by atoms with Gasteiger partial charge in [0.05, 0.1) is 0 Å². The van der Waals surface area contributed by atoms with Crippen molar-refractivity contribution >= 4 is 17.7 Å². The molecule has 0 aliphatic carbocycles. The summed E-state index contributed by atoms with van der Waals surface area (Å²) in [5.74, 6) is -1.12. The van der Waals surface area contributed by atoms with Gasteiger partial charge in [0.15, 0.2) is 11.5 Å². The lowest BCUT2D eigenvalue weighted by Crippen LogP contribution is -2.48. The fraction of sp³-hybridized carbons (Fsp3) is 0.294. The highest BCUT2D eigenvalue weighted by Crippen LogP contribution is 2.21. The molecule has 2 rings (SSSR count). The molecule has 2 heterocycles. The van der Waals surface area contributed by atoms with Crippen molar-refractivity contribution in [2.24, 2.45) is 11.7 Å². The lowest BCUT2D eigenvalue weighted by atomic mass is 10.0. The minimum atomic E-state index is -0.678. The van der Waals surface area contributed by atoms with Crippen LogP contribution in [0.4, 0.5) is 0 Å². The molecule has 25 heavy (non-hydrogen) atoms. The van der Waals surface area contributed by atoms with E-state index in [1.165, 1.54) is 31.4 Å². The zero-order valence-electron chi connectivity index (χ0n) is 14.2. The third-order valence-electron chi connectivity index (χ3n) is 3.61. The highest BCUT2D eigenvalue weighted by molar-refractivity contribution is 5.96. The molecule has 8 heteroatoms. The first-order valence-corrected chi connectivity index (χ1v) is 7.72. The minimum Gasteiger partial charge on any atom is -0.449 e. The second-order valence-corrected chi connectivity index (χ2v) is 5.77. The van der Waals surface area contributed by atoms with Gasteiger partial charge >= 0.3 is 0 Å². The van der Waals surface area contributed by atoms with E-state index in [0.29, 0.717) is 11.5 Å². The molecule has 3 amide bonds. The summed E-state index contributed by atoms with van der Waals surface area (Å²) in [4.78, 5) is 39.5. The van der Waals surface area contributed by atoms with Crippen LogP contribution in [-0.2, 0) is 4.79 Å². The zero-order valence-corrected chi connectivity index (χ0v) is 14.2.